The van der Waals surface area contributed by atoms with Crippen LogP contribution in [0.15, 0.2) is 34.9 Å². The lowest BCUT2D eigenvalue weighted by Crippen LogP contribution is -2.45. The number of rotatable bonds is 3. The first kappa shape index (κ1) is 16.3. The number of nitrogens with zero attached hydrogens (tertiary/aromatic N) is 3. The zero-order valence-electron chi connectivity index (χ0n) is 14.4. The minimum atomic E-state index is -0.560. The number of hydrogen-bond donors (Lipinski definition) is 1. The fraction of sp³-hybridized carbons (Fsp3) is 0.526. The summed E-state index contributed by atoms with van der Waals surface area (Å²) in [5.41, 5.74) is 0.567. The Morgan fingerprint density at radius 3 is 2.64 bits per heavy atom. The molecular weight excluding hydrogens is 318 g/mol. The van der Waals surface area contributed by atoms with Crippen molar-refractivity contribution >= 4 is 5.91 Å². The highest BCUT2D eigenvalue weighted by Crippen LogP contribution is 2.45. The molecule has 1 N–H and O–H groups in total. The molecule has 0 spiro atoms. The molecule has 1 aromatic heterocycles. The standard InChI is InChI=1S/C19H23N3O3/c1-13-20-17(25-21-13)16-11-15(23)12-22(16)18(24)19(9-5-6-10-19)14-7-3-2-4-8-14/h2-4,7-8,15-16,23H,5-6,9-12H2,1H3/t15-,16-/m1/s1. The molecule has 2 heterocycles. The van der Waals surface area contributed by atoms with Gasteiger partial charge in [0, 0.05) is 13.0 Å². The number of aryl methyl sites for hydroxylation is 1. The van der Waals surface area contributed by atoms with Gasteiger partial charge in [-0.2, -0.15) is 4.98 Å². The predicted octanol–water partition coefficient (Wildman–Crippen LogP) is 2.52. The Kier molecular flexibility index (Phi) is 4.07. The van der Waals surface area contributed by atoms with Gasteiger partial charge in [0.25, 0.3) is 0 Å². The van der Waals surface area contributed by atoms with Crippen molar-refractivity contribution < 1.29 is 14.4 Å². The number of benzene rings is 1. The molecule has 1 saturated carbocycles. The number of aromatic nitrogens is 2. The van der Waals surface area contributed by atoms with E-state index < -0.39 is 11.5 Å². The SMILES string of the molecule is Cc1noc([C@H]2C[C@@H](O)CN2C(=O)C2(c3ccccc3)CCCC2)n1. The summed E-state index contributed by atoms with van der Waals surface area (Å²) in [6.07, 6.45) is 3.66. The lowest BCUT2D eigenvalue weighted by Gasteiger charge is -2.34. The van der Waals surface area contributed by atoms with Crippen LogP contribution in [0.3, 0.4) is 0 Å². The maximum Gasteiger partial charge on any atom is 0.249 e. The van der Waals surface area contributed by atoms with Crippen molar-refractivity contribution in [1.29, 1.82) is 0 Å². The van der Waals surface area contributed by atoms with Gasteiger partial charge >= 0.3 is 0 Å². The molecule has 1 aliphatic carbocycles. The van der Waals surface area contributed by atoms with E-state index in [0.717, 1.165) is 31.2 Å². The number of carbonyl (C=O) groups is 1. The quantitative estimate of drug-likeness (QED) is 0.928. The molecule has 4 rings (SSSR count). The van der Waals surface area contributed by atoms with Crippen molar-refractivity contribution in [3.8, 4) is 0 Å². The molecule has 1 saturated heterocycles. The lowest BCUT2D eigenvalue weighted by atomic mass is 9.77. The first-order valence-electron chi connectivity index (χ1n) is 8.95. The molecule has 0 radical (unpaired) electrons. The van der Waals surface area contributed by atoms with E-state index in [0.29, 0.717) is 24.7 Å². The number of hydrogen-bond acceptors (Lipinski definition) is 5. The van der Waals surface area contributed by atoms with Crippen molar-refractivity contribution in [3.63, 3.8) is 0 Å². The van der Waals surface area contributed by atoms with E-state index in [2.05, 4.69) is 10.1 Å². The average molecular weight is 341 g/mol. The van der Waals surface area contributed by atoms with Crippen molar-refractivity contribution in [2.75, 3.05) is 6.54 Å². The molecule has 2 atom stereocenters. The number of aliphatic hydroxyl groups is 1. The van der Waals surface area contributed by atoms with Gasteiger partial charge in [-0.05, 0) is 25.3 Å². The number of amides is 1. The van der Waals surface area contributed by atoms with Gasteiger partial charge in [-0.25, -0.2) is 0 Å². The van der Waals surface area contributed by atoms with E-state index in [1.165, 1.54) is 0 Å². The summed E-state index contributed by atoms with van der Waals surface area (Å²) in [6, 6.07) is 9.69. The first-order valence-corrected chi connectivity index (χ1v) is 8.95. The fourth-order valence-corrected chi connectivity index (χ4v) is 4.36. The molecule has 0 unspecified atom stereocenters. The van der Waals surface area contributed by atoms with Crippen molar-refractivity contribution in [2.45, 2.75) is 56.6 Å². The second-order valence-corrected chi connectivity index (χ2v) is 7.20. The van der Waals surface area contributed by atoms with Gasteiger partial charge in [0.1, 0.15) is 6.04 Å². The van der Waals surface area contributed by atoms with Crippen LogP contribution >= 0.6 is 0 Å². The second kappa shape index (κ2) is 6.26. The molecule has 2 fully saturated rings. The summed E-state index contributed by atoms with van der Waals surface area (Å²) in [5.74, 6) is 1.04. The summed E-state index contributed by atoms with van der Waals surface area (Å²) in [4.78, 5) is 19.7. The third-order valence-electron chi connectivity index (χ3n) is 5.56. The van der Waals surface area contributed by atoms with Gasteiger partial charge in [-0.1, -0.05) is 48.3 Å². The van der Waals surface area contributed by atoms with E-state index in [9.17, 15) is 9.90 Å². The van der Waals surface area contributed by atoms with Crippen LogP contribution in [0.4, 0.5) is 0 Å². The van der Waals surface area contributed by atoms with E-state index in [4.69, 9.17) is 4.52 Å². The van der Waals surface area contributed by atoms with Crippen LogP contribution < -0.4 is 0 Å². The van der Waals surface area contributed by atoms with Crippen molar-refractivity contribution in [2.24, 2.45) is 0 Å². The summed E-state index contributed by atoms with van der Waals surface area (Å²) in [6.45, 7) is 2.08. The topological polar surface area (TPSA) is 79.5 Å². The highest BCUT2D eigenvalue weighted by Gasteiger charge is 2.49. The summed E-state index contributed by atoms with van der Waals surface area (Å²) in [5, 5.41) is 14.0. The zero-order valence-corrected chi connectivity index (χ0v) is 14.4. The molecular formula is C19H23N3O3. The van der Waals surface area contributed by atoms with E-state index >= 15 is 0 Å². The van der Waals surface area contributed by atoms with Gasteiger partial charge in [-0.15, -0.1) is 0 Å². The van der Waals surface area contributed by atoms with Crippen molar-refractivity contribution in [3.05, 3.63) is 47.6 Å². The number of likely N-dealkylation sites (tertiary alicyclic amines) is 1. The van der Waals surface area contributed by atoms with Crippen LogP contribution in [0.2, 0.25) is 0 Å². The molecule has 2 aromatic rings. The normalized spacial score (nSPS) is 25.4. The van der Waals surface area contributed by atoms with Crippen LogP contribution in [0.25, 0.3) is 0 Å². The van der Waals surface area contributed by atoms with E-state index in [1.807, 2.05) is 30.3 Å². The van der Waals surface area contributed by atoms with E-state index in [-0.39, 0.29) is 11.9 Å². The number of carbonyl (C=O) groups excluding carboxylic acids is 1. The highest BCUT2D eigenvalue weighted by molar-refractivity contribution is 5.89. The maximum atomic E-state index is 13.6. The zero-order chi connectivity index (χ0) is 17.4. The second-order valence-electron chi connectivity index (χ2n) is 7.20. The van der Waals surface area contributed by atoms with Crippen LogP contribution in [0.5, 0.6) is 0 Å². The summed E-state index contributed by atoms with van der Waals surface area (Å²) in [7, 11) is 0. The van der Waals surface area contributed by atoms with Crippen LogP contribution in [-0.2, 0) is 10.2 Å². The summed E-state index contributed by atoms with van der Waals surface area (Å²) >= 11 is 0. The van der Waals surface area contributed by atoms with Gasteiger partial charge in [0.05, 0.1) is 11.5 Å². The Morgan fingerprint density at radius 2 is 2.00 bits per heavy atom. The number of β-amino-alcohol motifs (C(OH)–C–C–N with tert-alkyl or cyclic N) is 1. The fourth-order valence-electron chi connectivity index (χ4n) is 4.36. The molecule has 6 nitrogen and oxygen atoms in total. The molecule has 6 heteroatoms. The molecule has 0 bridgehead atoms. The summed E-state index contributed by atoms with van der Waals surface area (Å²) < 4.78 is 5.31. The molecule has 25 heavy (non-hydrogen) atoms. The Hall–Kier alpha value is -2.21. The van der Waals surface area contributed by atoms with Crippen LogP contribution in [0.1, 0.15) is 55.4 Å². The highest BCUT2D eigenvalue weighted by atomic mass is 16.5. The Morgan fingerprint density at radius 1 is 1.28 bits per heavy atom. The minimum Gasteiger partial charge on any atom is -0.391 e. The third-order valence-corrected chi connectivity index (χ3v) is 5.56. The van der Waals surface area contributed by atoms with Crippen LogP contribution in [0, 0.1) is 6.92 Å². The molecule has 132 valence electrons. The average Bonchev–Trinajstić information content (AvgIpc) is 3.35. The van der Waals surface area contributed by atoms with Gasteiger partial charge in [0.2, 0.25) is 11.8 Å². The smallest absolute Gasteiger partial charge is 0.249 e. The largest absolute Gasteiger partial charge is 0.391 e. The predicted molar refractivity (Wildman–Crippen MR) is 90.7 cm³/mol. The van der Waals surface area contributed by atoms with Gasteiger partial charge < -0.3 is 14.5 Å². The first-order chi connectivity index (χ1) is 12.1. The number of aliphatic hydroxyl groups excluding tert-OH is 1. The molecule has 1 aromatic carbocycles. The third kappa shape index (κ3) is 2.74. The minimum absolute atomic E-state index is 0.0774. The van der Waals surface area contributed by atoms with Crippen LogP contribution in [-0.4, -0.2) is 38.7 Å². The maximum absolute atomic E-state index is 13.6. The Labute approximate surface area is 146 Å². The Bertz CT molecular complexity index is 752. The van der Waals surface area contributed by atoms with Gasteiger partial charge in [-0.3, -0.25) is 4.79 Å². The van der Waals surface area contributed by atoms with Gasteiger partial charge in [0.15, 0.2) is 5.82 Å². The molecule has 1 aliphatic heterocycles. The Balaban J connectivity index is 1.70. The van der Waals surface area contributed by atoms with E-state index in [1.54, 1.807) is 11.8 Å². The molecule has 2 aliphatic rings. The lowest BCUT2D eigenvalue weighted by molar-refractivity contribution is -0.139. The molecule has 1 amide bonds. The monoisotopic (exact) mass is 341 g/mol. The van der Waals surface area contributed by atoms with Crippen molar-refractivity contribution in [1.82, 2.24) is 15.0 Å².